The molecule has 0 amide bonds. The Hall–Kier alpha value is -1.49. The molecule has 0 bridgehead atoms. The molecule has 1 aromatic carbocycles. The molecule has 0 saturated carbocycles. The van der Waals surface area contributed by atoms with Gasteiger partial charge in [-0.25, -0.2) is 6.57 Å². The van der Waals surface area contributed by atoms with Crippen LogP contribution in [0.1, 0.15) is 17.5 Å². The van der Waals surface area contributed by atoms with E-state index in [9.17, 15) is 0 Å². The van der Waals surface area contributed by atoms with Gasteiger partial charge in [-0.3, -0.25) is 0 Å². The number of ether oxygens (including phenoxy) is 1. The van der Waals surface area contributed by atoms with Crippen molar-refractivity contribution in [2.24, 2.45) is 0 Å². The van der Waals surface area contributed by atoms with E-state index < -0.39 is 0 Å². The van der Waals surface area contributed by atoms with E-state index in [4.69, 9.17) is 11.3 Å². The average molecular weight is 173 g/mol. The van der Waals surface area contributed by atoms with Crippen molar-refractivity contribution in [3.63, 3.8) is 0 Å². The zero-order valence-electron chi connectivity index (χ0n) is 7.42. The zero-order chi connectivity index (χ0) is 9.10. The second-order valence-electron chi connectivity index (χ2n) is 3.21. The van der Waals surface area contributed by atoms with Gasteiger partial charge in [0.1, 0.15) is 5.75 Å². The van der Waals surface area contributed by atoms with E-state index in [1.807, 2.05) is 12.1 Å². The highest BCUT2D eigenvalue weighted by Gasteiger charge is 2.10. The summed E-state index contributed by atoms with van der Waals surface area (Å²) in [6.45, 7) is 8.08. The maximum absolute atomic E-state index is 6.77. The first-order valence-electron chi connectivity index (χ1n) is 4.48. The maximum atomic E-state index is 6.77. The summed E-state index contributed by atoms with van der Waals surface area (Å²) in [5.74, 6) is 1.000. The van der Waals surface area contributed by atoms with Gasteiger partial charge in [-0.15, -0.1) is 0 Å². The largest absolute Gasteiger partial charge is 0.493 e. The first-order chi connectivity index (χ1) is 6.40. The van der Waals surface area contributed by atoms with E-state index in [-0.39, 0.29) is 0 Å². The highest BCUT2D eigenvalue weighted by molar-refractivity contribution is 5.38. The molecule has 0 N–H and O–H groups in total. The first-order valence-corrected chi connectivity index (χ1v) is 4.48. The van der Waals surface area contributed by atoms with Crippen molar-refractivity contribution in [3.05, 3.63) is 40.7 Å². The van der Waals surface area contributed by atoms with Gasteiger partial charge in [0.15, 0.2) is 0 Å². The van der Waals surface area contributed by atoms with Crippen LogP contribution in [0.3, 0.4) is 0 Å². The zero-order valence-corrected chi connectivity index (χ0v) is 7.42. The number of fused-ring (bicyclic) bond motifs is 1. The summed E-state index contributed by atoms with van der Waals surface area (Å²) in [5, 5.41) is 0. The van der Waals surface area contributed by atoms with Gasteiger partial charge < -0.3 is 9.58 Å². The Morgan fingerprint density at radius 2 is 2.38 bits per heavy atom. The van der Waals surface area contributed by atoms with Gasteiger partial charge in [0.2, 0.25) is 6.54 Å². The van der Waals surface area contributed by atoms with E-state index in [1.54, 1.807) is 0 Å². The highest BCUT2D eigenvalue weighted by atomic mass is 16.5. The number of rotatable bonds is 1. The molecule has 0 fully saturated rings. The van der Waals surface area contributed by atoms with E-state index in [0.29, 0.717) is 6.54 Å². The monoisotopic (exact) mass is 173 g/mol. The van der Waals surface area contributed by atoms with Crippen LogP contribution in [-0.4, -0.2) is 6.61 Å². The predicted octanol–water partition coefficient (Wildman–Crippen LogP) is 2.43. The van der Waals surface area contributed by atoms with Crippen LogP contribution in [0.2, 0.25) is 0 Å². The number of hydrogen-bond acceptors (Lipinski definition) is 1. The SMILES string of the molecule is [C-]#[N+]Cc1ccc2c(c1)CCCO2. The van der Waals surface area contributed by atoms with Gasteiger partial charge in [-0.1, -0.05) is 0 Å². The molecule has 2 heteroatoms. The van der Waals surface area contributed by atoms with E-state index in [0.717, 1.165) is 30.8 Å². The lowest BCUT2D eigenvalue weighted by atomic mass is 10.0. The van der Waals surface area contributed by atoms with Crippen LogP contribution in [0.25, 0.3) is 4.85 Å². The van der Waals surface area contributed by atoms with Gasteiger partial charge >= 0.3 is 0 Å². The quantitative estimate of drug-likeness (QED) is 0.595. The van der Waals surface area contributed by atoms with E-state index in [1.165, 1.54) is 5.56 Å². The van der Waals surface area contributed by atoms with Crippen molar-refractivity contribution in [2.75, 3.05) is 6.61 Å². The van der Waals surface area contributed by atoms with Gasteiger partial charge in [-0.05, 0) is 36.6 Å². The maximum Gasteiger partial charge on any atom is 0.239 e. The van der Waals surface area contributed by atoms with E-state index >= 15 is 0 Å². The Bertz CT molecular complexity index is 352. The van der Waals surface area contributed by atoms with Crippen LogP contribution in [0, 0.1) is 6.57 Å². The molecule has 0 radical (unpaired) electrons. The van der Waals surface area contributed by atoms with Crippen molar-refractivity contribution < 1.29 is 4.74 Å². The molecule has 0 unspecified atom stereocenters. The third-order valence-electron chi connectivity index (χ3n) is 2.23. The Balaban J connectivity index is 2.31. The van der Waals surface area contributed by atoms with Crippen LogP contribution < -0.4 is 4.74 Å². The number of aryl methyl sites for hydroxylation is 1. The summed E-state index contributed by atoms with van der Waals surface area (Å²) in [7, 11) is 0. The van der Waals surface area contributed by atoms with Gasteiger partial charge in [0.25, 0.3) is 0 Å². The standard InChI is InChI=1S/C11H11NO/c1-12-8-9-4-5-11-10(7-9)3-2-6-13-11/h4-5,7H,2-3,6,8H2. The molecule has 1 heterocycles. The highest BCUT2D eigenvalue weighted by Crippen LogP contribution is 2.25. The van der Waals surface area contributed by atoms with Crippen molar-refractivity contribution in [2.45, 2.75) is 19.4 Å². The molecule has 1 aliphatic rings. The minimum absolute atomic E-state index is 0.479. The minimum Gasteiger partial charge on any atom is -0.493 e. The number of benzene rings is 1. The molecule has 0 aliphatic carbocycles. The van der Waals surface area contributed by atoms with Crippen molar-refractivity contribution in [1.82, 2.24) is 0 Å². The van der Waals surface area contributed by atoms with Gasteiger partial charge in [-0.2, -0.15) is 0 Å². The lowest BCUT2D eigenvalue weighted by Crippen LogP contribution is -2.08. The van der Waals surface area contributed by atoms with E-state index in [2.05, 4.69) is 10.9 Å². The fourth-order valence-electron chi connectivity index (χ4n) is 1.60. The summed E-state index contributed by atoms with van der Waals surface area (Å²) in [6.07, 6.45) is 2.18. The Morgan fingerprint density at radius 3 is 3.23 bits per heavy atom. The fraction of sp³-hybridized carbons (Fsp3) is 0.364. The Kier molecular flexibility index (Phi) is 2.18. The third-order valence-corrected chi connectivity index (χ3v) is 2.23. The lowest BCUT2D eigenvalue weighted by molar-refractivity contribution is 0.288. The second kappa shape index (κ2) is 3.49. The molecule has 0 spiro atoms. The summed E-state index contributed by atoms with van der Waals surface area (Å²) in [6, 6.07) is 6.05. The molecule has 0 aromatic heterocycles. The third kappa shape index (κ3) is 1.65. The number of nitrogens with zero attached hydrogens (tertiary/aromatic N) is 1. The molecule has 0 atom stereocenters. The van der Waals surface area contributed by atoms with Crippen LogP contribution in [0.15, 0.2) is 18.2 Å². The molecule has 0 saturated heterocycles. The topological polar surface area (TPSA) is 13.6 Å². The molecule has 1 aliphatic heterocycles. The number of hydrogen-bond donors (Lipinski definition) is 0. The fourth-order valence-corrected chi connectivity index (χ4v) is 1.60. The average Bonchev–Trinajstić information content (AvgIpc) is 2.18. The molecule has 2 rings (SSSR count). The Morgan fingerprint density at radius 1 is 1.46 bits per heavy atom. The van der Waals surface area contributed by atoms with Crippen LogP contribution in [-0.2, 0) is 13.0 Å². The van der Waals surface area contributed by atoms with Crippen LogP contribution >= 0.6 is 0 Å². The molecular weight excluding hydrogens is 162 g/mol. The molecule has 2 nitrogen and oxygen atoms in total. The van der Waals surface area contributed by atoms with Crippen molar-refractivity contribution in [3.8, 4) is 5.75 Å². The molecule has 66 valence electrons. The predicted molar refractivity (Wildman–Crippen MR) is 50.6 cm³/mol. The van der Waals surface area contributed by atoms with Gasteiger partial charge in [0.05, 0.1) is 6.61 Å². The van der Waals surface area contributed by atoms with Crippen molar-refractivity contribution >= 4 is 0 Å². The molecular formula is C11H11NO. The van der Waals surface area contributed by atoms with Crippen LogP contribution in [0.4, 0.5) is 0 Å². The second-order valence-corrected chi connectivity index (χ2v) is 3.21. The first kappa shape index (κ1) is 8.12. The Labute approximate surface area is 78.0 Å². The molecule has 13 heavy (non-hydrogen) atoms. The summed E-state index contributed by atoms with van der Waals surface area (Å²) in [5.41, 5.74) is 2.35. The van der Waals surface area contributed by atoms with Crippen molar-refractivity contribution in [1.29, 1.82) is 0 Å². The minimum atomic E-state index is 0.479. The summed E-state index contributed by atoms with van der Waals surface area (Å²) >= 11 is 0. The molecule has 1 aromatic rings. The lowest BCUT2D eigenvalue weighted by Gasteiger charge is -2.16. The summed E-state index contributed by atoms with van der Waals surface area (Å²) < 4.78 is 5.48. The summed E-state index contributed by atoms with van der Waals surface area (Å²) in [4.78, 5) is 3.36. The smallest absolute Gasteiger partial charge is 0.239 e. The van der Waals surface area contributed by atoms with Gasteiger partial charge in [0, 0.05) is 5.56 Å². The normalized spacial score (nSPS) is 14.1. The van der Waals surface area contributed by atoms with Crippen LogP contribution in [0.5, 0.6) is 5.75 Å².